The molecule has 0 radical (unpaired) electrons. The molecular weight excluding hydrogens is 148 g/mol. The van der Waals surface area contributed by atoms with Gasteiger partial charge in [-0.3, -0.25) is 9.59 Å². The number of carbonyl (C=O) groups is 2. The number of amides is 1. The van der Waals surface area contributed by atoms with Crippen LogP contribution in [0.3, 0.4) is 0 Å². The van der Waals surface area contributed by atoms with Gasteiger partial charge in [-0.25, -0.2) is 0 Å². The van der Waals surface area contributed by atoms with E-state index >= 15 is 0 Å². The maximum atomic E-state index is 10.3. The Bertz CT molecular complexity index is 279. The molecule has 1 heterocycles. The zero-order chi connectivity index (χ0) is 8.27. The summed E-state index contributed by atoms with van der Waals surface area (Å²) < 4.78 is 4.49. The first-order valence-electron chi connectivity index (χ1n) is 2.91. The van der Waals surface area contributed by atoms with E-state index in [1.807, 2.05) is 0 Å². The quantitative estimate of drug-likeness (QED) is 0.595. The van der Waals surface area contributed by atoms with Crippen molar-refractivity contribution < 1.29 is 14.1 Å². The second-order valence-corrected chi connectivity index (χ2v) is 1.98. The lowest BCUT2D eigenvalue weighted by Gasteiger charge is -1.83. The average Bonchev–Trinajstić information content (AvgIpc) is 2.34. The van der Waals surface area contributed by atoms with Gasteiger partial charge >= 0.3 is 0 Å². The van der Waals surface area contributed by atoms with Crippen molar-refractivity contribution in [3.8, 4) is 0 Å². The molecule has 0 fully saturated rings. The fourth-order valence-electron chi connectivity index (χ4n) is 0.646. The first-order valence-corrected chi connectivity index (χ1v) is 2.91. The van der Waals surface area contributed by atoms with Gasteiger partial charge in [-0.05, 0) is 0 Å². The minimum atomic E-state index is -0.504. The summed E-state index contributed by atoms with van der Waals surface area (Å²) in [7, 11) is 0. The minimum Gasteiger partial charge on any atom is -0.369 e. The van der Waals surface area contributed by atoms with Crippen LogP contribution in [0.4, 0.5) is 0 Å². The van der Waals surface area contributed by atoms with Crippen molar-refractivity contribution in [3.63, 3.8) is 0 Å². The van der Waals surface area contributed by atoms with Crippen molar-refractivity contribution in [2.75, 3.05) is 0 Å². The van der Waals surface area contributed by atoms with Gasteiger partial charge < -0.3 is 10.3 Å². The predicted octanol–water partition coefficient (Wildman–Crippen LogP) is -0.485. The molecule has 0 aliphatic rings. The van der Waals surface area contributed by atoms with E-state index in [-0.39, 0.29) is 12.2 Å². The molecule has 1 aromatic rings. The second kappa shape index (κ2) is 2.96. The summed E-state index contributed by atoms with van der Waals surface area (Å²) in [6.07, 6.45) is 0.509. The Hall–Kier alpha value is -1.65. The molecule has 0 atom stereocenters. The van der Waals surface area contributed by atoms with Crippen LogP contribution < -0.4 is 5.73 Å². The third-order valence-corrected chi connectivity index (χ3v) is 1.05. The summed E-state index contributed by atoms with van der Waals surface area (Å²) in [5.74, 6) is -0.406. The number of aldehydes is 1. The minimum absolute atomic E-state index is 0.00264. The smallest absolute Gasteiger partial charge is 0.223 e. The average molecular weight is 154 g/mol. The van der Waals surface area contributed by atoms with Crippen LogP contribution in [0.15, 0.2) is 10.6 Å². The van der Waals surface area contributed by atoms with Gasteiger partial charge in [0.1, 0.15) is 0 Å². The van der Waals surface area contributed by atoms with Crippen LogP contribution in [0.5, 0.6) is 0 Å². The summed E-state index contributed by atoms with van der Waals surface area (Å²) in [5, 5.41) is 3.42. The van der Waals surface area contributed by atoms with Gasteiger partial charge in [0, 0.05) is 6.07 Å². The molecule has 1 amide bonds. The van der Waals surface area contributed by atoms with E-state index in [4.69, 9.17) is 5.73 Å². The molecule has 0 spiro atoms. The molecule has 58 valence electrons. The molecule has 0 aliphatic carbocycles. The largest absolute Gasteiger partial charge is 0.369 e. The molecule has 0 aliphatic heterocycles. The molecular formula is C6H6N2O3. The highest BCUT2D eigenvalue weighted by molar-refractivity contribution is 5.77. The zero-order valence-electron chi connectivity index (χ0n) is 5.61. The molecule has 0 unspecified atom stereocenters. The van der Waals surface area contributed by atoms with Crippen molar-refractivity contribution in [1.29, 1.82) is 0 Å². The van der Waals surface area contributed by atoms with Crippen LogP contribution in [0.25, 0.3) is 0 Å². The number of hydrogen-bond donors (Lipinski definition) is 1. The Labute approximate surface area is 62.2 Å². The fourth-order valence-corrected chi connectivity index (χ4v) is 0.646. The van der Waals surface area contributed by atoms with Crippen LogP contribution in [0.2, 0.25) is 0 Å². The molecule has 0 saturated heterocycles. The summed E-state index contributed by atoms with van der Waals surface area (Å²) in [6.45, 7) is 0. The molecule has 1 aromatic heterocycles. The van der Waals surface area contributed by atoms with E-state index in [9.17, 15) is 9.59 Å². The Balaban J connectivity index is 2.72. The maximum absolute atomic E-state index is 10.3. The first-order chi connectivity index (χ1) is 5.22. The van der Waals surface area contributed by atoms with E-state index in [2.05, 4.69) is 9.68 Å². The number of hydrogen-bond acceptors (Lipinski definition) is 4. The normalized spacial score (nSPS) is 9.45. The molecule has 0 aromatic carbocycles. The number of primary amides is 1. The van der Waals surface area contributed by atoms with Crippen LogP contribution in [0, 0.1) is 0 Å². The Kier molecular flexibility index (Phi) is 2.00. The van der Waals surface area contributed by atoms with Crippen molar-refractivity contribution in [2.45, 2.75) is 6.42 Å². The molecule has 11 heavy (non-hydrogen) atoms. The molecule has 0 saturated carbocycles. The van der Waals surface area contributed by atoms with Crippen LogP contribution in [-0.4, -0.2) is 17.4 Å². The highest BCUT2D eigenvalue weighted by Gasteiger charge is 2.04. The summed E-state index contributed by atoms with van der Waals surface area (Å²) >= 11 is 0. The van der Waals surface area contributed by atoms with Crippen LogP contribution in [0.1, 0.15) is 16.2 Å². The van der Waals surface area contributed by atoms with E-state index in [0.29, 0.717) is 12.0 Å². The fraction of sp³-hybridized carbons (Fsp3) is 0.167. The Morgan fingerprint density at radius 3 is 3.00 bits per heavy atom. The van der Waals surface area contributed by atoms with Crippen molar-refractivity contribution in [3.05, 3.63) is 17.5 Å². The first kappa shape index (κ1) is 7.46. The molecule has 5 heteroatoms. The lowest BCUT2D eigenvalue weighted by molar-refractivity contribution is -0.117. The van der Waals surface area contributed by atoms with Gasteiger partial charge in [0.05, 0.1) is 12.1 Å². The number of nitrogens with two attached hydrogens (primary N) is 1. The lowest BCUT2D eigenvalue weighted by atomic mass is 10.3. The van der Waals surface area contributed by atoms with Crippen LogP contribution >= 0.6 is 0 Å². The number of carbonyl (C=O) groups excluding carboxylic acids is 2. The van der Waals surface area contributed by atoms with Gasteiger partial charge in [-0.1, -0.05) is 5.16 Å². The monoisotopic (exact) mass is 154 g/mol. The molecule has 5 nitrogen and oxygen atoms in total. The SMILES string of the molecule is NC(=O)Cc1cc(C=O)on1. The third kappa shape index (κ3) is 1.89. The van der Waals surface area contributed by atoms with Crippen molar-refractivity contribution in [2.24, 2.45) is 5.73 Å². The predicted molar refractivity (Wildman–Crippen MR) is 34.8 cm³/mol. The molecule has 1 rings (SSSR count). The van der Waals surface area contributed by atoms with E-state index < -0.39 is 5.91 Å². The zero-order valence-corrected chi connectivity index (χ0v) is 5.61. The number of aromatic nitrogens is 1. The summed E-state index contributed by atoms with van der Waals surface area (Å²) in [6, 6.07) is 1.37. The highest BCUT2D eigenvalue weighted by Crippen LogP contribution is 2.00. The van der Waals surface area contributed by atoms with Gasteiger partial charge in [0.15, 0.2) is 12.0 Å². The summed E-state index contributed by atoms with van der Waals surface area (Å²) in [5.41, 5.74) is 5.24. The van der Waals surface area contributed by atoms with E-state index in [0.717, 1.165) is 0 Å². The standard InChI is InChI=1S/C6H6N2O3/c7-6(10)2-4-1-5(3-9)11-8-4/h1,3H,2H2,(H2,7,10). The maximum Gasteiger partial charge on any atom is 0.223 e. The molecule has 0 bridgehead atoms. The number of nitrogens with zero attached hydrogens (tertiary/aromatic N) is 1. The highest BCUT2D eigenvalue weighted by atomic mass is 16.5. The van der Waals surface area contributed by atoms with Gasteiger partial charge in [-0.15, -0.1) is 0 Å². The summed E-state index contributed by atoms with van der Waals surface area (Å²) in [4.78, 5) is 20.4. The Morgan fingerprint density at radius 1 is 1.82 bits per heavy atom. The van der Waals surface area contributed by atoms with Crippen molar-refractivity contribution in [1.82, 2.24) is 5.16 Å². The molecule has 2 N–H and O–H groups in total. The van der Waals surface area contributed by atoms with Crippen molar-refractivity contribution >= 4 is 12.2 Å². The second-order valence-electron chi connectivity index (χ2n) is 1.98. The topological polar surface area (TPSA) is 86.2 Å². The Morgan fingerprint density at radius 2 is 2.55 bits per heavy atom. The van der Waals surface area contributed by atoms with E-state index in [1.165, 1.54) is 6.07 Å². The van der Waals surface area contributed by atoms with Crippen LogP contribution in [-0.2, 0) is 11.2 Å². The third-order valence-electron chi connectivity index (χ3n) is 1.05. The van der Waals surface area contributed by atoms with Gasteiger partial charge in [0.2, 0.25) is 5.91 Å². The van der Waals surface area contributed by atoms with Gasteiger partial charge in [0.25, 0.3) is 0 Å². The van der Waals surface area contributed by atoms with E-state index in [1.54, 1.807) is 0 Å². The number of rotatable bonds is 3. The lowest BCUT2D eigenvalue weighted by Crippen LogP contribution is -2.13. The van der Waals surface area contributed by atoms with Gasteiger partial charge in [-0.2, -0.15) is 0 Å².